The quantitative estimate of drug-likeness (QED) is 0.149. The van der Waals surface area contributed by atoms with Gasteiger partial charge < -0.3 is 36.1 Å². The lowest BCUT2D eigenvalue weighted by molar-refractivity contribution is 0.100. The fraction of sp³-hybridized carbons (Fsp3) is 0.265. The standard InChI is InChI=1S/C34H37N7O3/c1-2-26-24(19-36-29(21-42)22-7-4-3-5-8-22)9-6-10-28(26)38-30-27(32(35)43)20-37-34-31(30)39-33(40-34)23-11-13-25(14-12-23)41-15-17-44-18-16-41/h3-14,20,29,36,42H,2,15-19,21H2,1H3,(H2,35,43)(H2,37,38,39,40)/t29-/m1/s1. The zero-order valence-electron chi connectivity index (χ0n) is 24.7. The molecule has 2 aromatic heterocycles. The largest absolute Gasteiger partial charge is 0.394 e. The minimum atomic E-state index is -0.586. The molecule has 0 spiro atoms. The molecular weight excluding hydrogens is 554 g/mol. The summed E-state index contributed by atoms with van der Waals surface area (Å²) in [6.45, 7) is 5.82. The van der Waals surface area contributed by atoms with E-state index in [1.807, 2.05) is 54.6 Å². The van der Waals surface area contributed by atoms with E-state index in [0.717, 1.165) is 66.4 Å². The van der Waals surface area contributed by atoms with Gasteiger partial charge in [0.25, 0.3) is 5.91 Å². The predicted molar refractivity (Wildman–Crippen MR) is 173 cm³/mol. The molecule has 0 bridgehead atoms. The van der Waals surface area contributed by atoms with E-state index in [4.69, 9.17) is 15.5 Å². The van der Waals surface area contributed by atoms with Crippen LogP contribution in [0.3, 0.4) is 0 Å². The van der Waals surface area contributed by atoms with E-state index >= 15 is 0 Å². The van der Waals surface area contributed by atoms with Crippen molar-refractivity contribution in [2.75, 3.05) is 43.1 Å². The molecule has 1 amide bonds. The van der Waals surface area contributed by atoms with E-state index in [0.29, 0.717) is 29.2 Å². The number of carbonyl (C=O) groups is 1. The Morgan fingerprint density at radius 3 is 2.55 bits per heavy atom. The average Bonchev–Trinajstić information content (AvgIpc) is 3.51. The number of aromatic nitrogens is 3. The number of primary amides is 1. The molecule has 1 aliphatic rings. The van der Waals surface area contributed by atoms with Crippen molar-refractivity contribution in [3.8, 4) is 11.4 Å². The third kappa shape index (κ3) is 6.14. The van der Waals surface area contributed by atoms with Crippen molar-refractivity contribution < 1.29 is 14.6 Å². The SMILES string of the molecule is CCc1c(CN[C@H](CO)c2ccccc2)cccc1Nc1c(C(N)=O)cnc2nc(-c3ccc(N4CCOCC4)cc3)[nH]c12. The van der Waals surface area contributed by atoms with Crippen LogP contribution in [-0.4, -0.2) is 58.9 Å². The van der Waals surface area contributed by atoms with Gasteiger partial charge in [0, 0.05) is 42.8 Å². The summed E-state index contributed by atoms with van der Waals surface area (Å²) in [7, 11) is 0. The fourth-order valence-electron chi connectivity index (χ4n) is 5.74. The molecule has 1 saturated heterocycles. The number of aliphatic hydroxyl groups is 1. The van der Waals surface area contributed by atoms with Gasteiger partial charge in [0.2, 0.25) is 0 Å². The first-order valence-electron chi connectivity index (χ1n) is 14.9. The summed E-state index contributed by atoms with van der Waals surface area (Å²) in [6, 6.07) is 24.0. The Balaban J connectivity index is 1.30. The summed E-state index contributed by atoms with van der Waals surface area (Å²) < 4.78 is 5.48. The van der Waals surface area contributed by atoms with Crippen molar-refractivity contribution in [2.24, 2.45) is 5.73 Å². The van der Waals surface area contributed by atoms with Crippen LogP contribution in [0.5, 0.6) is 0 Å². The number of pyridine rings is 1. The first kappa shape index (κ1) is 29.3. The number of hydrogen-bond acceptors (Lipinski definition) is 8. The number of morpholine rings is 1. The Labute approximate surface area is 256 Å². The second-order valence-electron chi connectivity index (χ2n) is 10.8. The van der Waals surface area contributed by atoms with Gasteiger partial charge in [-0.05, 0) is 53.4 Å². The number of nitrogens with two attached hydrogens (primary N) is 1. The molecule has 1 fully saturated rings. The van der Waals surface area contributed by atoms with E-state index < -0.39 is 5.91 Å². The topological polar surface area (TPSA) is 141 Å². The minimum absolute atomic E-state index is 0.0154. The second kappa shape index (κ2) is 13.3. The monoisotopic (exact) mass is 591 g/mol. The van der Waals surface area contributed by atoms with Crippen LogP contribution in [0, 0.1) is 0 Å². The van der Waals surface area contributed by atoms with Crippen molar-refractivity contribution >= 4 is 34.1 Å². The van der Waals surface area contributed by atoms with Crippen molar-refractivity contribution in [1.82, 2.24) is 20.3 Å². The minimum Gasteiger partial charge on any atom is -0.394 e. The van der Waals surface area contributed by atoms with Crippen LogP contribution < -0.4 is 21.3 Å². The number of H-pyrrole nitrogens is 1. The average molecular weight is 592 g/mol. The maximum absolute atomic E-state index is 12.5. The Morgan fingerprint density at radius 2 is 1.84 bits per heavy atom. The summed E-state index contributed by atoms with van der Waals surface area (Å²) in [5.41, 5.74) is 13.8. The molecule has 3 aromatic carbocycles. The highest BCUT2D eigenvalue weighted by atomic mass is 16.5. The number of nitrogens with zero attached hydrogens (tertiary/aromatic N) is 3. The molecule has 0 aliphatic carbocycles. The van der Waals surface area contributed by atoms with Crippen molar-refractivity contribution in [1.29, 1.82) is 0 Å². The van der Waals surface area contributed by atoms with Crippen LogP contribution >= 0.6 is 0 Å². The van der Waals surface area contributed by atoms with E-state index in [2.05, 4.69) is 50.6 Å². The smallest absolute Gasteiger partial charge is 0.252 e. The molecular formula is C34H37N7O3. The van der Waals surface area contributed by atoms with Crippen LogP contribution in [0.4, 0.5) is 17.1 Å². The third-order valence-corrected chi connectivity index (χ3v) is 8.11. The number of rotatable bonds is 11. The Morgan fingerprint density at radius 1 is 1.07 bits per heavy atom. The molecule has 0 unspecified atom stereocenters. The zero-order valence-corrected chi connectivity index (χ0v) is 24.7. The number of hydrogen-bond donors (Lipinski definition) is 5. The van der Waals surface area contributed by atoms with E-state index in [-0.39, 0.29) is 18.2 Å². The number of amides is 1. The molecule has 226 valence electrons. The fourth-order valence-corrected chi connectivity index (χ4v) is 5.74. The number of aliphatic hydroxyl groups excluding tert-OH is 1. The van der Waals surface area contributed by atoms with Gasteiger partial charge in [-0.3, -0.25) is 4.79 Å². The Kier molecular flexibility index (Phi) is 8.83. The first-order chi connectivity index (χ1) is 21.6. The number of nitrogens with one attached hydrogen (secondary N) is 3. The predicted octanol–water partition coefficient (Wildman–Crippen LogP) is 4.69. The maximum atomic E-state index is 12.5. The number of aromatic amines is 1. The van der Waals surface area contributed by atoms with Crippen LogP contribution in [-0.2, 0) is 17.7 Å². The summed E-state index contributed by atoms with van der Waals surface area (Å²) >= 11 is 0. The summed E-state index contributed by atoms with van der Waals surface area (Å²) in [6.07, 6.45) is 2.22. The first-order valence-corrected chi connectivity index (χ1v) is 14.9. The van der Waals surface area contributed by atoms with Gasteiger partial charge in [-0.1, -0.05) is 49.4 Å². The molecule has 0 saturated carbocycles. The number of carbonyl (C=O) groups excluding carboxylic acids is 1. The molecule has 1 atom stereocenters. The van der Waals surface area contributed by atoms with Gasteiger partial charge >= 0.3 is 0 Å². The van der Waals surface area contributed by atoms with Gasteiger partial charge in [-0.25, -0.2) is 9.97 Å². The molecule has 6 rings (SSSR count). The summed E-state index contributed by atoms with van der Waals surface area (Å²) in [5.74, 6) is 0.0627. The van der Waals surface area contributed by atoms with Gasteiger partial charge in [-0.15, -0.1) is 0 Å². The van der Waals surface area contributed by atoms with Crippen LogP contribution in [0.15, 0.2) is 79.0 Å². The Bertz CT molecular complexity index is 1730. The summed E-state index contributed by atoms with van der Waals surface area (Å²) in [4.78, 5) is 27.4. The van der Waals surface area contributed by atoms with Crippen molar-refractivity contribution in [2.45, 2.75) is 25.9 Å². The van der Waals surface area contributed by atoms with E-state index in [1.165, 1.54) is 6.20 Å². The molecule has 5 aromatic rings. The zero-order chi connectivity index (χ0) is 30.5. The molecule has 10 heteroatoms. The Hall–Kier alpha value is -4.77. The molecule has 0 radical (unpaired) electrons. The third-order valence-electron chi connectivity index (χ3n) is 8.11. The van der Waals surface area contributed by atoms with Gasteiger partial charge in [0.1, 0.15) is 11.3 Å². The number of ether oxygens (including phenoxy) is 1. The number of fused-ring (bicyclic) bond motifs is 1. The van der Waals surface area contributed by atoms with Gasteiger partial charge in [-0.2, -0.15) is 0 Å². The van der Waals surface area contributed by atoms with Crippen LogP contribution in [0.2, 0.25) is 0 Å². The van der Waals surface area contributed by atoms with Gasteiger partial charge in [0.15, 0.2) is 5.65 Å². The molecule has 10 nitrogen and oxygen atoms in total. The lowest BCUT2D eigenvalue weighted by Gasteiger charge is -2.28. The number of anilines is 3. The lowest BCUT2D eigenvalue weighted by Crippen LogP contribution is -2.36. The number of imidazole rings is 1. The van der Waals surface area contributed by atoms with Crippen LogP contribution in [0.1, 0.15) is 40.0 Å². The normalized spacial score (nSPS) is 14.1. The van der Waals surface area contributed by atoms with Gasteiger partial charge in [0.05, 0.1) is 37.1 Å². The second-order valence-corrected chi connectivity index (χ2v) is 10.8. The van der Waals surface area contributed by atoms with Crippen LogP contribution in [0.25, 0.3) is 22.6 Å². The molecule has 44 heavy (non-hydrogen) atoms. The van der Waals surface area contributed by atoms with Crippen molar-refractivity contribution in [3.63, 3.8) is 0 Å². The highest BCUT2D eigenvalue weighted by Crippen LogP contribution is 2.33. The highest BCUT2D eigenvalue weighted by molar-refractivity contribution is 6.06. The van der Waals surface area contributed by atoms with E-state index in [1.54, 1.807) is 0 Å². The molecule has 3 heterocycles. The molecule has 6 N–H and O–H groups in total. The molecule has 1 aliphatic heterocycles. The maximum Gasteiger partial charge on any atom is 0.252 e. The lowest BCUT2D eigenvalue weighted by atomic mass is 10.0. The van der Waals surface area contributed by atoms with Crippen molar-refractivity contribution in [3.05, 3.63) is 101 Å². The highest BCUT2D eigenvalue weighted by Gasteiger charge is 2.20. The summed E-state index contributed by atoms with van der Waals surface area (Å²) in [5, 5.41) is 17.0. The van der Waals surface area contributed by atoms with E-state index in [9.17, 15) is 9.90 Å². The number of benzene rings is 3.